The molecule has 7 nitrogen and oxygen atoms in total. The molecule has 1 N–H and O–H groups in total. The molecule has 0 spiro atoms. The molecule has 1 atom stereocenters. The second-order valence-electron chi connectivity index (χ2n) is 5.54. The summed E-state index contributed by atoms with van der Waals surface area (Å²) in [5.74, 6) is -0.638. The molecule has 0 radical (unpaired) electrons. The molecule has 0 bridgehead atoms. The first kappa shape index (κ1) is 18.8. The lowest BCUT2D eigenvalue weighted by atomic mass is 10.3. The number of rotatable bonds is 6. The van der Waals surface area contributed by atoms with Crippen LogP contribution in [-0.2, 0) is 21.4 Å². The summed E-state index contributed by atoms with van der Waals surface area (Å²) in [6, 6.07) is 6.65. The fourth-order valence-electron chi connectivity index (χ4n) is 2.16. The third-order valence-electron chi connectivity index (χ3n) is 3.59. The maximum atomic E-state index is 12.2. The van der Waals surface area contributed by atoms with Gasteiger partial charge >= 0.3 is 5.97 Å². The molecule has 0 aliphatic carbocycles. The fourth-order valence-corrected chi connectivity index (χ4v) is 2.34. The van der Waals surface area contributed by atoms with Crippen molar-refractivity contribution in [2.24, 2.45) is 7.05 Å². The number of aromatic nitrogens is 2. The molecule has 134 valence electrons. The maximum Gasteiger partial charge on any atom is 0.344 e. The van der Waals surface area contributed by atoms with Crippen LogP contribution in [-0.4, -0.2) is 34.4 Å². The van der Waals surface area contributed by atoms with Crippen LogP contribution in [0.15, 0.2) is 24.3 Å². The van der Waals surface area contributed by atoms with Crippen molar-refractivity contribution in [2.75, 3.05) is 11.9 Å². The second kappa shape index (κ2) is 8.02. The molecule has 0 saturated carbocycles. The van der Waals surface area contributed by atoms with Gasteiger partial charge in [-0.05, 0) is 39.0 Å². The first-order valence-electron chi connectivity index (χ1n) is 7.67. The van der Waals surface area contributed by atoms with Crippen molar-refractivity contribution < 1.29 is 19.1 Å². The van der Waals surface area contributed by atoms with Gasteiger partial charge in [-0.1, -0.05) is 17.7 Å². The van der Waals surface area contributed by atoms with Crippen molar-refractivity contribution in [3.05, 3.63) is 40.7 Å². The van der Waals surface area contributed by atoms with Crippen LogP contribution in [0.3, 0.4) is 0 Å². The van der Waals surface area contributed by atoms with E-state index in [-0.39, 0.29) is 6.61 Å². The van der Waals surface area contributed by atoms with E-state index in [9.17, 15) is 9.59 Å². The number of carbonyl (C=O) groups excluding carboxylic acids is 2. The van der Waals surface area contributed by atoms with E-state index in [2.05, 4.69) is 10.4 Å². The van der Waals surface area contributed by atoms with E-state index in [0.29, 0.717) is 22.2 Å². The highest BCUT2D eigenvalue weighted by molar-refractivity contribution is 6.30. The van der Waals surface area contributed by atoms with E-state index >= 15 is 0 Å². The molecule has 1 aromatic heterocycles. The molecule has 0 aliphatic rings. The largest absolute Gasteiger partial charge is 0.482 e. The molecule has 25 heavy (non-hydrogen) atoms. The number of hydrogen-bond donors (Lipinski definition) is 1. The van der Waals surface area contributed by atoms with Crippen LogP contribution in [0.4, 0.5) is 5.69 Å². The van der Waals surface area contributed by atoms with Gasteiger partial charge in [-0.15, -0.1) is 0 Å². The number of nitrogens with zero attached hydrogens (tertiary/aromatic N) is 2. The van der Waals surface area contributed by atoms with Crippen LogP contribution in [0, 0.1) is 13.8 Å². The quantitative estimate of drug-likeness (QED) is 0.796. The van der Waals surface area contributed by atoms with Crippen molar-refractivity contribution in [1.82, 2.24) is 9.78 Å². The van der Waals surface area contributed by atoms with Crippen molar-refractivity contribution >= 4 is 29.2 Å². The van der Waals surface area contributed by atoms with Crippen molar-refractivity contribution in [1.29, 1.82) is 0 Å². The van der Waals surface area contributed by atoms with Crippen LogP contribution < -0.4 is 10.1 Å². The highest BCUT2D eigenvalue weighted by atomic mass is 35.5. The molecule has 0 fully saturated rings. The van der Waals surface area contributed by atoms with Gasteiger partial charge < -0.3 is 14.8 Å². The zero-order valence-electron chi connectivity index (χ0n) is 14.5. The number of hydrogen-bond acceptors (Lipinski definition) is 5. The highest BCUT2D eigenvalue weighted by Crippen LogP contribution is 2.19. The first-order chi connectivity index (χ1) is 11.8. The molecule has 1 unspecified atom stereocenters. The number of ether oxygens (including phenoxy) is 2. The van der Waals surface area contributed by atoms with E-state index in [1.165, 1.54) is 6.92 Å². The van der Waals surface area contributed by atoms with Gasteiger partial charge in [0.2, 0.25) is 0 Å². The summed E-state index contributed by atoms with van der Waals surface area (Å²) in [7, 11) is 1.79. The van der Waals surface area contributed by atoms with Gasteiger partial charge in [0, 0.05) is 12.1 Å². The molecule has 2 aromatic rings. The Morgan fingerprint density at radius 3 is 2.68 bits per heavy atom. The second-order valence-corrected chi connectivity index (χ2v) is 5.97. The summed E-state index contributed by atoms with van der Waals surface area (Å²) < 4.78 is 12.0. The number of benzene rings is 1. The van der Waals surface area contributed by atoms with Gasteiger partial charge in [0.05, 0.1) is 17.1 Å². The number of anilines is 1. The highest BCUT2D eigenvalue weighted by Gasteiger charge is 2.21. The van der Waals surface area contributed by atoms with Crippen LogP contribution in [0.1, 0.15) is 18.3 Å². The molecule has 2 rings (SSSR count). The lowest BCUT2D eigenvalue weighted by molar-refractivity contribution is -0.155. The molecular weight excluding hydrogens is 346 g/mol. The van der Waals surface area contributed by atoms with E-state index in [1.807, 2.05) is 6.92 Å². The summed E-state index contributed by atoms with van der Waals surface area (Å²) in [6.07, 6.45) is -0.963. The van der Waals surface area contributed by atoms with Crippen LogP contribution in [0.2, 0.25) is 5.02 Å². The zero-order chi connectivity index (χ0) is 18.6. The topological polar surface area (TPSA) is 82.5 Å². The van der Waals surface area contributed by atoms with E-state index in [0.717, 1.165) is 5.69 Å². The monoisotopic (exact) mass is 365 g/mol. The van der Waals surface area contributed by atoms with Gasteiger partial charge in [-0.2, -0.15) is 5.10 Å². The number of esters is 1. The fraction of sp³-hybridized carbons (Fsp3) is 0.353. The van der Waals surface area contributed by atoms with Gasteiger partial charge in [0.15, 0.2) is 12.7 Å². The Morgan fingerprint density at radius 2 is 2.08 bits per heavy atom. The van der Waals surface area contributed by atoms with Crippen molar-refractivity contribution in [2.45, 2.75) is 26.9 Å². The third-order valence-corrected chi connectivity index (χ3v) is 3.82. The Balaban J connectivity index is 1.86. The average molecular weight is 366 g/mol. The van der Waals surface area contributed by atoms with Gasteiger partial charge in [-0.25, -0.2) is 4.79 Å². The van der Waals surface area contributed by atoms with E-state index in [1.54, 1.807) is 42.9 Å². The van der Waals surface area contributed by atoms with Gasteiger partial charge in [0.1, 0.15) is 5.75 Å². The third kappa shape index (κ3) is 4.96. The Bertz CT molecular complexity index is 788. The molecular formula is C17H20ClN3O4. The Hall–Kier alpha value is -2.54. The van der Waals surface area contributed by atoms with Gasteiger partial charge in [0.25, 0.3) is 5.91 Å². The lowest BCUT2D eigenvalue weighted by Gasteiger charge is -2.14. The standard InChI is InChI=1S/C17H20ClN3O4/c1-10-16(11(2)21(4)20-10)19-17(23)12(3)25-15(22)9-24-14-7-5-6-13(18)8-14/h5-8,12H,9H2,1-4H3,(H,19,23). The van der Waals surface area contributed by atoms with Crippen LogP contribution in [0.5, 0.6) is 5.75 Å². The minimum atomic E-state index is -0.963. The van der Waals surface area contributed by atoms with Crippen molar-refractivity contribution in [3.8, 4) is 5.75 Å². The molecule has 0 saturated heterocycles. The molecule has 1 aromatic carbocycles. The Kier molecular flexibility index (Phi) is 6.03. The number of halogens is 1. The van der Waals surface area contributed by atoms with E-state index in [4.69, 9.17) is 21.1 Å². The summed E-state index contributed by atoms with van der Waals surface area (Å²) in [4.78, 5) is 24.0. The number of amides is 1. The molecule has 1 amide bonds. The smallest absolute Gasteiger partial charge is 0.344 e. The van der Waals surface area contributed by atoms with Crippen LogP contribution in [0.25, 0.3) is 0 Å². The van der Waals surface area contributed by atoms with E-state index < -0.39 is 18.0 Å². The predicted octanol–water partition coefficient (Wildman–Crippen LogP) is 2.64. The Labute approximate surface area is 150 Å². The number of aryl methyl sites for hydroxylation is 2. The van der Waals surface area contributed by atoms with Crippen LogP contribution >= 0.6 is 11.6 Å². The summed E-state index contributed by atoms with van der Waals surface area (Å²) >= 11 is 5.83. The minimum absolute atomic E-state index is 0.317. The molecule has 8 heteroatoms. The Morgan fingerprint density at radius 1 is 1.36 bits per heavy atom. The number of carbonyl (C=O) groups is 2. The predicted molar refractivity (Wildman–Crippen MR) is 93.8 cm³/mol. The van der Waals surface area contributed by atoms with Gasteiger partial charge in [-0.3, -0.25) is 9.48 Å². The molecule has 1 heterocycles. The summed E-state index contributed by atoms with van der Waals surface area (Å²) in [6.45, 7) is 4.81. The SMILES string of the molecule is Cc1nn(C)c(C)c1NC(=O)C(C)OC(=O)COc1cccc(Cl)c1. The zero-order valence-corrected chi connectivity index (χ0v) is 15.3. The van der Waals surface area contributed by atoms with Crippen molar-refractivity contribution in [3.63, 3.8) is 0 Å². The normalized spacial score (nSPS) is 11.7. The summed E-state index contributed by atoms with van der Waals surface area (Å²) in [5, 5.41) is 7.45. The average Bonchev–Trinajstić information content (AvgIpc) is 2.79. The summed E-state index contributed by atoms with van der Waals surface area (Å²) in [5.41, 5.74) is 2.12. The minimum Gasteiger partial charge on any atom is -0.482 e. The lowest BCUT2D eigenvalue weighted by Crippen LogP contribution is -2.32. The molecule has 0 aliphatic heterocycles. The maximum absolute atomic E-state index is 12.2. The first-order valence-corrected chi connectivity index (χ1v) is 8.04. The number of nitrogens with one attached hydrogen (secondary N) is 1.